The van der Waals surface area contributed by atoms with E-state index in [9.17, 15) is 8.78 Å². The number of hydrogen-bond donors (Lipinski definition) is 3. The van der Waals surface area contributed by atoms with E-state index in [0.29, 0.717) is 0 Å². The van der Waals surface area contributed by atoms with E-state index in [2.05, 4.69) is 5.32 Å². The monoisotopic (exact) mass is 211 g/mol. The van der Waals surface area contributed by atoms with E-state index in [-0.39, 0.29) is 23.1 Å². The third-order valence-electron chi connectivity index (χ3n) is 2.28. The van der Waals surface area contributed by atoms with Crippen molar-refractivity contribution in [1.82, 2.24) is 0 Å². The number of amidine groups is 1. The van der Waals surface area contributed by atoms with Crippen LogP contribution in [0.2, 0.25) is 0 Å². The van der Waals surface area contributed by atoms with Gasteiger partial charge in [-0.3, -0.25) is 5.41 Å². The van der Waals surface area contributed by atoms with Gasteiger partial charge in [-0.05, 0) is 25.0 Å². The van der Waals surface area contributed by atoms with Crippen LogP contribution in [0.3, 0.4) is 0 Å². The van der Waals surface area contributed by atoms with E-state index in [1.165, 1.54) is 0 Å². The van der Waals surface area contributed by atoms with Crippen molar-refractivity contribution in [1.29, 1.82) is 5.41 Å². The van der Waals surface area contributed by atoms with Crippen molar-refractivity contribution in [2.45, 2.75) is 18.9 Å². The van der Waals surface area contributed by atoms with Crippen LogP contribution in [-0.4, -0.2) is 11.9 Å². The van der Waals surface area contributed by atoms with Crippen molar-refractivity contribution in [3.05, 3.63) is 29.3 Å². The predicted octanol–water partition coefficient (Wildman–Crippen LogP) is 1.82. The van der Waals surface area contributed by atoms with Gasteiger partial charge in [-0.15, -0.1) is 0 Å². The van der Waals surface area contributed by atoms with Crippen LogP contribution in [0.25, 0.3) is 0 Å². The topological polar surface area (TPSA) is 61.9 Å². The van der Waals surface area contributed by atoms with Crippen LogP contribution in [0.1, 0.15) is 18.4 Å². The first-order valence-electron chi connectivity index (χ1n) is 4.68. The summed E-state index contributed by atoms with van der Waals surface area (Å²) in [6.07, 6.45) is 1.88. The molecule has 1 aliphatic carbocycles. The largest absolute Gasteiger partial charge is 0.384 e. The summed E-state index contributed by atoms with van der Waals surface area (Å²) >= 11 is 0. The minimum Gasteiger partial charge on any atom is -0.384 e. The number of anilines is 1. The summed E-state index contributed by atoms with van der Waals surface area (Å²) in [6.45, 7) is 0. The quantitative estimate of drug-likeness (QED) is 0.527. The van der Waals surface area contributed by atoms with Gasteiger partial charge >= 0.3 is 0 Å². The Kier molecular flexibility index (Phi) is 2.30. The van der Waals surface area contributed by atoms with Crippen LogP contribution in [0.4, 0.5) is 14.5 Å². The number of halogens is 2. The smallest absolute Gasteiger partial charge is 0.150 e. The van der Waals surface area contributed by atoms with E-state index in [4.69, 9.17) is 11.1 Å². The molecule has 0 aromatic heterocycles. The second kappa shape index (κ2) is 3.49. The average Bonchev–Trinajstić information content (AvgIpc) is 2.94. The number of nitrogens with one attached hydrogen (secondary N) is 2. The van der Waals surface area contributed by atoms with Gasteiger partial charge in [0.25, 0.3) is 0 Å². The summed E-state index contributed by atoms with van der Waals surface area (Å²) in [5.41, 5.74) is 5.08. The van der Waals surface area contributed by atoms with Crippen molar-refractivity contribution < 1.29 is 8.78 Å². The van der Waals surface area contributed by atoms with Gasteiger partial charge < -0.3 is 11.1 Å². The Hall–Kier alpha value is -1.65. The molecule has 1 saturated carbocycles. The molecule has 80 valence electrons. The summed E-state index contributed by atoms with van der Waals surface area (Å²) < 4.78 is 26.8. The highest BCUT2D eigenvalue weighted by Gasteiger charge is 2.24. The van der Waals surface area contributed by atoms with E-state index in [1.54, 1.807) is 0 Å². The standard InChI is InChI=1S/C10H11F2N3/c11-7-3-5(10(13)14)4-8(12)9(7)15-6-1-2-6/h3-4,6,15H,1-2H2,(H3,13,14). The normalized spacial score (nSPS) is 15.1. The Morgan fingerprint density at radius 2 is 1.87 bits per heavy atom. The van der Waals surface area contributed by atoms with Gasteiger partial charge in [0.15, 0.2) is 0 Å². The van der Waals surface area contributed by atoms with Gasteiger partial charge in [0, 0.05) is 11.6 Å². The van der Waals surface area contributed by atoms with E-state index < -0.39 is 11.6 Å². The van der Waals surface area contributed by atoms with Crippen molar-refractivity contribution in [2.24, 2.45) is 5.73 Å². The molecule has 0 atom stereocenters. The number of benzene rings is 1. The minimum absolute atomic E-state index is 0.0614. The van der Waals surface area contributed by atoms with Gasteiger partial charge in [-0.25, -0.2) is 8.78 Å². The maximum atomic E-state index is 13.4. The van der Waals surface area contributed by atoms with Crippen molar-refractivity contribution in [3.63, 3.8) is 0 Å². The van der Waals surface area contributed by atoms with Crippen molar-refractivity contribution in [2.75, 3.05) is 5.32 Å². The van der Waals surface area contributed by atoms with E-state index in [1.807, 2.05) is 0 Å². The Labute approximate surface area is 85.8 Å². The first-order valence-corrected chi connectivity index (χ1v) is 4.68. The molecule has 0 saturated heterocycles. The van der Waals surface area contributed by atoms with Crippen LogP contribution in [0.5, 0.6) is 0 Å². The predicted molar refractivity (Wildman–Crippen MR) is 54.0 cm³/mol. The lowest BCUT2D eigenvalue weighted by Gasteiger charge is -2.09. The number of hydrogen-bond acceptors (Lipinski definition) is 2. The summed E-state index contributed by atoms with van der Waals surface area (Å²) in [4.78, 5) is 0. The molecule has 4 N–H and O–H groups in total. The SMILES string of the molecule is N=C(N)c1cc(F)c(NC2CC2)c(F)c1. The number of rotatable bonds is 3. The van der Waals surface area contributed by atoms with Gasteiger partial charge in [-0.1, -0.05) is 0 Å². The summed E-state index contributed by atoms with van der Waals surface area (Å²) in [5, 5.41) is 9.83. The highest BCUT2D eigenvalue weighted by Crippen LogP contribution is 2.28. The Balaban J connectivity index is 2.34. The fraction of sp³-hybridized carbons (Fsp3) is 0.300. The zero-order valence-corrected chi connectivity index (χ0v) is 7.98. The fourth-order valence-corrected chi connectivity index (χ4v) is 1.30. The molecule has 5 heteroatoms. The molecule has 15 heavy (non-hydrogen) atoms. The minimum atomic E-state index is -0.702. The van der Waals surface area contributed by atoms with Gasteiger partial charge in [0.1, 0.15) is 23.2 Å². The molecule has 1 fully saturated rings. The van der Waals surface area contributed by atoms with Crippen LogP contribution in [0, 0.1) is 17.0 Å². The summed E-state index contributed by atoms with van der Waals surface area (Å²) in [5.74, 6) is -1.75. The van der Waals surface area contributed by atoms with Crippen LogP contribution in [-0.2, 0) is 0 Å². The molecule has 1 aromatic rings. The van der Waals surface area contributed by atoms with E-state index in [0.717, 1.165) is 25.0 Å². The van der Waals surface area contributed by atoms with Gasteiger partial charge in [0.05, 0.1) is 0 Å². The first-order chi connectivity index (χ1) is 7.08. The Morgan fingerprint density at radius 1 is 1.33 bits per heavy atom. The molecule has 0 spiro atoms. The molecule has 1 aromatic carbocycles. The lowest BCUT2D eigenvalue weighted by atomic mass is 10.1. The molecule has 0 amide bonds. The second-order valence-electron chi connectivity index (χ2n) is 3.65. The lowest BCUT2D eigenvalue weighted by Crippen LogP contribution is -2.13. The molecule has 2 rings (SSSR count). The molecule has 1 aliphatic rings. The van der Waals surface area contributed by atoms with Crippen molar-refractivity contribution in [3.8, 4) is 0 Å². The first kappa shape index (κ1) is 9.89. The van der Waals surface area contributed by atoms with E-state index >= 15 is 0 Å². The lowest BCUT2D eigenvalue weighted by molar-refractivity contribution is 0.587. The maximum absolute atomic E-state index is 13.4. The molecule has 0 radical (unpaired) electrons. The zero-order chi connectivity index (χ0) is 11.0. The zero-order valence-electron chi connectivity index (χ0n) is 7.98. The van der Waals surface area contributed by atoms with Crippen LogP contribution < -0.4 is 11.1 Å². The molecule has 0 unspecified atom stereocenters. The highest BCUT2D eigenvalue weighted by molar-refractivity contribution is 5.95. The average molecular weight is 211 g/mol. The fourth-order valence-electron chi connectivity index (χ4n) is 1.30. The number of nitrogens with two attached hydrogens (primary N) is 1. The maximum Gasteiger partial charge on any atom is 0.150 e. The van der Waals surface area contributed by atoms with Crippen molar-refractivity contribution >= 4 is 11.5 Å². The molecular formula is C10H11F2N3. The van der Waals surface area contributed by atoms with Crippen LogP contribution in [0.15, 0.2) is 12.1 Å². The molecular weight excluding hydrogens is 200 g/mol. The second-order valence-corrected chi connectivity index (χ2v) is 3.65. The van der Waals surface area contributed by atoms with Gasteiger partial charge in [-0.2, -0.15) is 0 Å². The molecule has 0 aliphatic heterocycles. The van der Waals surface area contributed by atoms with Crippen LogP contribution >= 0.6 is 0 Å². The molecule has 0 heterocycles. The Bertz CT molecular complexity index is 390. The summed E-state index contributed by atoms with van der Waals surface area (Å²) in [7, 11) is 0. The third kappa shape index (κ3) is 2.06. The third-order valence-corrected chi connectivity index (χ3v) is 2.28. The molecule has 3 nitrogen and oxygen atoms in total. The Morgan fingerprint density at radius 3 is 2.27 bits per heavy atom. The number of nitrogen functional groups attached to an aromatic ring is 1. The molecule has 0 bridgehead atoms. The van der Waals surface area contributed by atoms with Gasteiger partial charge in [0.2, 0.25) is 0 Å². The summed E-state index contributed by atoms with van der Waals surface area (Å²) in [6, 6.07) is 2.31. The highest BCUT2D eigenvalue weighted by atomic mass is 19.1.